The molecule has 0 amide bonds. The molecule has 96 valence electrons. The number of hydrogen-bond donors (Lipinski definition) is 0. The summed E-state index contributed by atoms with van der Waals surface area (Å²) in [7, 11) is 0. The molecule has 19 heavy (non-hydrogen) atoms. The number of carbonyl (C=O) groups excluding carboxylic acids is 1. The lowest BCUT2D eigenvalue weighted by atomic mass is 10.0. The number of nitro benzene ring substituents is 1. The molecular weight excluding hydrogens is 266 g/mol. The van der Waals surface area contributed by atoms with Gasteiger partial charge in [-0.3, -0.25) is 14.9 Å². The zero-order chi connectivity index (χ0) is 13.8. The van der Waals surface area contributed by atoms with Gasteiger partial charge in [-0.15, -0.1) is 11.6 Å². The van der Waals surface area contributed by atoms with Gasteiger partial charge in [0.15, 0.2) is 5.78 Å². The third kappa shape index (κ3) is 2.98. The number of halogens is 1. The zero-order valence-electron chi connectivity index (χ0n) is 9.82. The van der Waals surface area contributed by atoms with Crippen molar-refractivity contribution in [1.29, 1.82) is 0 Å². The van der Waals surface area contributed by atoms with E-state index in [0.717, 1.165) is 0 Å². The fourth-order valence-electron chi connectivity index (χ4n) is 1.69. The summed E-state index contributed by atoms with van der Waals surface area (Å²) >= 11 is 6.10. The summed E-state index contributed by atoms with van der Waals surface area (Å²) in [5.41, 5.74) is 0.779. The largest absolute Gasteiger partial charge is 0.292 e. The molecule has 0 aliphatic heterocycles. The van der Waals surface area contributed by atoms with Crippen molar-refractivity contribution in [3.05, 3.63) is 75.8 Å². The van der Waals surface area contributed by atoms with Gasteiger partial charge >= 0.3 is 0 Å². The van der Waals surface area contributed by atoms with E-state index < -0.39 is 10.3 Å². The van der Waals surface area contributed by atoms with Gasteiger partial charge in [-0.2, -0.15) is 0 Å². The van der Waals surface area contributed by atoms with Gasteiger partial charge in [0.25, 0.3) is 5.69 Å². The van der Waals surface area contributed by atoms with Crippen LogP contribution in [0.1, 0.15) is 21.3 Å². The molecule has 0 heterocycles. The van der Waals surface area contributed by atoms with E-state index in [2.05, 4.69) is 0 Å². The predicted molar refractivity (Wildman–Crippen MR) is 72.5 cm³/mol. The van der Waals surface area contributed by atoms with Crippen molar-refractivity contribution in [2.75, 3.05) is 0 Å². The quantitative estimate of drug-likeness (QED) is 0.369. The first kappa shape index (κ1) is 13.2. The Morgan fingerprint density at radius 3 is 2.42 bits per heavy atom. The van der Waals surface area contributed by atoms with E-state index in [1.807, 2.05) is 6.07 Å². The smallest absolute Gasteiger partial charge is 0.270 e. The number of non-ortho nitro benzene ring substituents is 1. The first-order chi connectivity index (χ1) is 9.09. The normalized spacial score (nSPS) is 11.8. The number of nitro groups is 1. The van der Waals surface area contributed by atoms with Crippen LogP contribution in [0.5, 0.6) is 0 Å². The molecule has 2 rings (SSSR count). The molecule has 0 spiro atoms. The van der Waals surface area contributed by atoms with Gasteiger partial charge in [0, 0.05) is 17.7 Å². The second kappa shape index (κ2) is 5.63. The Kier molecular flexibility index (Phi) is 3.92. The lowest BCUT2D eigenvalue weighted by Crippen LogP contribution is -2.07. The summed E-state index contributed by atoms with van der Waals surface area (Å²) in [6, 6.07) is 14.4. The minimum Gasteiger partial charge on any atom is -0.292 e. The van der Waals surface area contributed by atoms with Crippen molar-refractivity contribution in [2.24, 2.45) is 0 Å². The van der Waals surface area contributed by atoms with Gasteiger partial charge in [-0.1, -0.05) is 42.5 Å². The van der Waals surface area contributed by atoms with Crippen molar-refractivity contribution in [1.82, 2.24) is 0 Å². The number of carbonyl (C=O) groups is 1. The van der Waals surface area contributed by atoms with Crippen LogP contribution in [0.15, 0.2) is 54.6 Å². The van der Waals surface area contributed by atoms with Crippen LogP contribution < -0.4 is 0 Å². The minimum atomic E-state index is -0.844. The van der Waals surface area contributed by atoms with Crippen LogP contribution >= 0.6 is 11.6 Å². The molecule has 0 bridgehead atoms. The molecule has 0 N–H and O–H groups in total. The van der Waals surface area contributed by atoms with Crippen LogP contribution in [-0.4, -0.2) is 10.7 Å². The molecule has 0 fully saturated rings. The maximum atomic E-state index is 12.2. The first-order valence-corrected chi connectivity index (χ1v) is 6.01. The van der Waals surface area contributed by atoms with Crippen molar-refractivity contribution in [2.45, 2.75) is 5.38 Å². The highest BCUT2D eigenvalue weighted by atomic mass is 35.5. The summed E-state index contributed by atoms with van der Waals surface area (Å²) in [5.74, 6) is -0.350. The molecule has 0 radical (unpaired) electrons. The standard InChI is InChI=1S/C14H10ClNO3/c15-13(10-5-2-1-3-6-10)14(17)11-7-4-8-12(9-11)16(18)19/h1-9,13H. The molecule has 0 saturated heterocycles. The maximum absolute atomic E-state index is 12.2. The van der Waals surface area contributed by atoms with E-state index >= 15 is 0 Å². The summed E-state index contributed by atoms with van der Waals surface area (Å²) < 4.78 is 0. The van der Waals surface area contributed by atoms with Crippen molar-refractivity contribution < 1.29 is 9.72 Å². The topological polar surface area (TPSA) is 60.2 Å². The molecule has 0 saturated carbocycles. The van der Waals surface area contributed by atoms with Crippen LogP contribution in [-0.2, 0) is 0 Å². The lowest BCUT2D eigenvalue weighted by molar-refractivity contribution is -0.384. The highest BCUT2D eigenvalue weighted by molar-refractivity contribution is 6.33. The Labute approximate surface area is 114 Å². The Balaban J connectivity index is 2.29. The van der Waals surface area contributed by atoms with Crippen LogP contribution in [0.3, 0.4) is 0 Å². The van der Waals surface area contributed by atoms with Crippen LogP contribution in [0, 0.1) is 10.1 Å². The molecule has 1 atom stereocenters. The van der Waals surface area contributed by atoms with Gasteiger partial charge in [0.05, 0.1) is 4.92 Å². The number of ketones is 1. The number of nitrogens with zero attached hydrogens (tertiary/aromatic N) is 1. The van der Waals surface area contributed by atoms with Gasteiger partial charge in [-0.25, -0.2) is 0 Å². The molecule has 2 aromatic carbocycles. The summed E-state index contributed by atoms with van der Waals surface area (Å²) in [5, 5.41) is 9.83. The van der Waals surface area contributed by atoms with E-state index in [4.69, 9.17) is 11.6 Å². The average Bonchev–Trinajstić information content (AvgIpc) is 2.46. The van der Waals surface area contributed by atoms with Crippen molar-refractivity contribution in [3.63, 3.8) is 0 Å². The fraction of sp³-hybridized carbons (Fsp3) is 0.0714. The van der Waals surface area contributed by atoms with Gasteiger partial charge in [0.2, 0.25) is 0 Å². The monoisotopic (exact) mass is 275 g/mol. The molecule has 2 aromatic rings. The van der Waals surface area contributed by atoms with Crippen LogP contribution in [0.25, 0.3) is 0 Å². The molecule has 5 heteroatoms. The highest BCUT2D eigenvalue weighted by Gasteiger charge is 2.20. The Hall–Kier alpha value is -2.20. The summed E-state index contributed by atoms with van der Waals surface area (Å²) in [4.78, 5) is 22.3. The van der Waals surface area contributed by atoms with E-state index in [9.17, 15) is 14.9 Å². The Morgan fingerprint density at radius 1 is 1.11 bits per heavy atom. The third-order valence-electron chi connectivity index (χ3n) is 2.66. The van der Waals surface area contributed by atoms with E-state index in [1.54, 1.807) is 24.3 Å². The molecule has 4 nitrogen and oxygen atoms in total. The van der Waals surface area contributed by atoms with E-state index in [-0.39, 0.29) is 17.0 Å². The third-order valence-corrected chi connectivity index (χ3v) is 3.11. The van der Waals surface area contributed by atoms with E-state index in [0.29, 0.717) is 5.56 Å². The second-order valence-electron chi connectivity index (χ2n) is 3.94. The van der Waals surface area contributed by atoms with Crippen molar-refractivity contribution in [3.8, 4) is 0 Å². The van der Waals surface area contributed by atoms with Crippen LogP contribution in [0.2, 0.25) is 0 Å². The Bertz CT molecular complexity index is 613. The lowest BCUT2D eigenvalue weighted by Gasteiger charge is -2.08. The average molecular weight is 276 g/mol. The number of rotatable bonds is 4. The number of alkyl halides is 1. The molecular formula is C14H10ClNO3. The SMILES string of the molecule is O=C(c1cccc([N+](=O)[O-])c1)C(Cl)c1ccccc1. The van der Waals surface area contributed by atoms with Crippen molar-refractivity contribution >= 4 is 23.1 Å². The van der Waals surface area contributed by atoms with Gasteiger partial charge in [-0.05, 0) is 5.56 Å². The molecule has 0 aliphatic carbocycles. The number of Topliss-reactive ketones (excluding diaryl/α,β-unsaturated/α-hetero) is 1. The number of benzene rings is 2. The first-order valence-electron chi connectivity index (χ1n) is 5.57. The Morgan fingerprint density at radius 2 is 1.79 bits per heavy atom. The number of hydrogen-bond acceptors (Lipinski definition) is 3. The summed E-state index contributed by atoms with van der Waals surface area (Å²) in [6.07, 6.45) is 0. The predicted octanol–water partition coefficient (Wildman–Crippen LogP) is 3.76. The van der Waals surface area contributed by atoms with Crippen LogP contribution in [0.4, 0.5) is 5.69 Å². The maximum Gasteiger partial charge on any atom is 0.270 e. The molecule has 0 aromatic heterocycles. The summed E-state index contributed by atoms with van der Waals surface area (Å²) in [6.45, 7) is 0. The zero-order valence-corrected chi connectivity index (χ0v) is 10.6. The minimum absolute atomic E-state index is 0.122. The van der Waals surface area contributed by atoms with E-state index in [1.165, 1.54) is 24.3 Å². The molecule has 1 unspecified atom stereocenters. The molecule has 0 aliphatic rings. The van der Waals surface area contributed by atoms with Gasteiger partial charge < -0.3 is 0 Å². The van der Waals surface area contributed by atoms with Gasteiger partial charge in [0.1, 0.15) is 5.38 Å². The fourth-order valence-corrected chi connectivity index (χ4v) is 1.96. The highest BCUT2D eigenvalue weighted by Crippen LogP contribution is 2.26. The second-order valence-corrected chi connectivity index (χ2v) is 4.38.